The molecule has 1 saturated heterocycles. The van der Waals surface area contributed by atoms with Gasteiger partial charge in [0.15, 0.2) is 0 Å². The second-order valence-electron chi connectivity index (χ2n) is 4.90. The van der Waals surface area contributed by atoms with Crippen LogP contribution in [0.2, 0.25) is 0 Å². The molecule has 0 saturated carbocycles. The summed E-state index contributed by atoms with van der Waals surface area (Å²) in [6.45, 7) is 5.24. The van der Waals surface area contributed by atoms with E-state index >= 15 is 0 Å². The summed E-state index contributed by atoms with van der Waals surface area (Å²) in [6, 6.07) is 3.28. The topological polar surface area (TPSA) is 67.4 Å². The molecule has 2 N–H and O–H groups in total. The van der Waals surface area contributed by atoms with Crippen LogP contribution in [0.25, 0.3) is 0 Å². The van der Waals surface area contributed by atoms with Crippen LogP contribution in [-0.2, 0) is 10.0 Å². The zero-order chi connectivity index (χ0) is 14.0. The molecule has 1 aromatic carbocycles. The quantitative estimate of drug-likeness (QED) is 0.879. The molecule has 0 aromatic heterocycles. The fourth-order valence-corrected chi connectivity index (χ4v) is 3.87. The van der Waals surface area contributed by atoms with Crippen molar-refractivity contribution in [1.29, 1.82) is 0 Å². The highest BCUT2D eigenvalue weighted by atomic mass is 35.5. The van der Waals surface area contributed by atoms with E-state index in [9.17, 15) is 8.42 Å². The Morgan fingerprint density at radius 1 is 1.30 bits per heavy atom. The van der Waals surface area contributed by atoms with E-state index < -0.39 is 10.0 Å². The maximum atomic E-state index is 12.3. The van der Waals surface area contributed by atoms with Gasteiger partial charge in [0.1, 0.15) is 5.75 Å². The van der Waals surface area contributed by atoms with E-state index in [-0.39, 0.29) is 18.4 Å². The van der Waals surface area contributed by atoms with Crippen molar-refractivity contribution in [3.8, 4) is 5.75 Å². The van der Waals surface area contributed by atoms with Crippen LogP contribution in [-0.4, -0.2) is 34.7 Å². The van der Waals surface area contributed by atoms with E-state index in [2.05, 4.69) is 10.0 Å². The van der Waals surface area contributed by atoms with Gasteiger partial charge >= 0.3 is 0 Å². The van der Waals surface area contributed by atoms with Crippen molar-refractivity contribution in [1.82, 2.24) is 10.0 Å². The zero-order valence-corrected chi connectivity index (χ0v) is 13.5. The Hall–Kier alpha value is -0.820. The van der Waals surface area contributed by atoms with Crippen LogP contribution in [0.1, 0.15) is 17.5 Å². The molecule has 0 spiro atoms. The van der Waals surface area contributed by atoms with Gasteiger partial charge in [0.2, 0.25) is 10.0 Å². The minimum absolute atomic E-state index is 0. The minimum Gasteiger partial charge on any atom is -0.496 e. The van der Waals surface area contributed by atoms with Crippen molar-refractivity contribution in [3.63, 3.8) is 0 Å². The first-order valence-electron chi connectivity index (χ1n) is 6.32. The third-order valence-corrected chi connectivity index (χ3v) is 4.83. The van der Waals surface area contributed by atoms with E-state index in [1.54, 1.807) is 19.2 Å². The highest BCUT2D eigenvalue weighted by Gasteiger charge is 2.23. The summed E-state index contributed by atoms with van der Waals surface area (Å²) in [7, 11) is -1.87. The van der Waals surface area contributed by atoms with Gasteiger partial charge in [-0.3, -0.25) is 0 Å². The van der Waals surface area contributed by atoms with Gasteiger partial charge in [-0.05, 0) is 50.1 Å². The number of halogens is 1. The highest BCUT2D eigenvalue weighted by Crippen LogP contribution is 2.26. The number of hydrogen-bond acceptors (Lipinski definition) is 4. The fourth-order valence-electron chi connectivity index (χ4n) is 2.43. The second-order valence-corrected chi connectivity index (χ2v) is 6.62. The van der Waals surface area contributed by atoms with Gasteiger partial charge < -0.3 is 10.1 Å². The van der Waals surface area contributed by atoms with Gasteiger partial charge in [-0.1, -0.05) is 0 Å². The monoisotopic (exact) mass is 320 g/mol. The molecule has 1 aliphatic rings. The molecule has 1 unspecified atom stereocenters. The molecule has 2 rings (SSSR count). The molecular weight excluding hydrogens is 300 g/mol. The van der Waals surface area contributed by atoms with Crippen molar-refractivity contribution >= 4 is 22.4 Å². The maximum Gasteiger partial charge on any atom is 0.240 e. The third kappa shape index (κ3) is 3.63. The van der Waals surface area contributed by atoms with Crippen LogP contribution >= 0.6 is 12.4 Å². The van der Waals surface area contributed by atoms with Crippen molar-refractivity contribution in [2.45, 2.75) is 31.2 Å². The van der Waals surface area contributed by atoms with Crippen LogP contribution < -0.4 is 14.8 Å². The number of nitrogens with one attached hydrogen (secondary N) is 2. The lowest BCUT2D eigenvalue weighted by Gasteiger charge is -2.15. The molecule has 20 heavy (non-hydrogen) atoms. The molecule has 7 heteroatoms. The zero-order valence-electron chi connectivity index (χ0n) is 11.9. The molecule has 0 bridgehead atoms. The summed E-state index contributed by atoms with van der Waals surface area (Å²) in [5, 5.41) is 3.14. The molecule has 1 aromatic rings. The van der Waals surface area contributed by atoms with Gasteiger partial charge in [-0.15, -0.1) is 12.4 Å². The van der Waals surface area contributed by atoms with E-state index in [1.165, 1.54) is 0 Å². The van der Waals surface area contributed by atoms with Crippen LogP contribution in [0.5, 0.6) is 5.75 Å². The molecule has 114 valence electrons. The largest absolute Gasteiger partial charge is 0.496 e. The average Bonchev–Trinajstić information content (AvgIpc) is 2.80. The Morgan fingerprint density at radius 3 is 2.35 bits per heavy atom. The summed E-state index contributed by atoms with van der Waals surface area (Å²) in [5.41, 5.74) is 1.65. The first-order chi connectivity index (χ1) is 8.94. The Morgan fingerprint density at radius 2 is 1.90 bits per heavy atom. The SMILES string of the molecule is COc1c(C)cc(S(=O)(=O)NC2CCNC2)cc1C.Cl. The Balaban J connectivity index is 0.00000200. The van der Waals surface area contributed by atoms with Gasteiger partial charge in [-0.2, -0.15) is 0 Å². The Bertz CT molecular complexity index is 546. The molecule has 0 amide bonds. The van der Waals surface area contributed by atoms with Crippen molar-refractivity contribution in [2.75, 3.05) is 20.2 Å². The molecular formula is C13H21ClN2O3S. The summed E-state index contributed by atoms with van der Waals surface area (Å²) in [6.07, 6.45) is 0.827. The molecule has 1 heterocycles. The molecule has 5 nitrogen and oxygen atoms in total. The standard InChI is InChI=1S/C13H20N2O3S.ClH/c1-9-6-12(7-10(2)13(9)18-3)19(16,17)15-11-4-5-14-8-11;/h6-7,11,14-15H,4-5,8H2,1-3H3;1H. The normalized spacial score (nSPS) is 18.6. The molecule has 1 atom stereocenters. The van der Waals surface area contributed by atoms with Crippen LogP contribution in [0.3, 0.4) is 0 Å². The van der Waals surface area contributed by atoms with Gasteiger partial charge in [0.05, 0.1) is 12.0 Å². The van der Waals surface area contributed by atoms with E-state index in [0.29, 0.717) is 11.4 Å². The smallest absolute Gasteiger partial charge is 0.240 e. The Labute approximate surface area is 126 Å². The lowest BCUT2D eigenvalue weighted by atomic mass is 10.1. The predicted octanol–water partition coefficient (Wildman–Crippen LogP) is 1.37. The summed E-state index contributed by atoms with van der Waals surface area (Å²) < 4.78 is 32.6. The van der Waals surface area contributed by atoms with Crippen LogP contribution in [0.15, 0.2) is 17.0 Å². The molecule has 0 aliphatic carbocycles. The average molecular weight is 321 g/mol. The molecule has 0 radical (unpaired) electrons. The van der Waals surface area contributed by atoms with Crippen molar-refractivity contribution < 1.29 is 13.2 Å². The first kappa shape index (κ1) is 17.2. The van der Waals surface area contributed by atoms with Gasteiger partial charge in [0, 0.05) is 12.6 Å². The molecule has 1 aliphatic heterocycles. The summed E-state index contributed by atoms with van der Waals surface area (Å²) in [5.74, 6) is 0.737. The van der Waals surface area contributed by atoms with E-state index in [0.717, 1.165) is 29.8 Å². The lowest BCUT2D eigenvalue weighted by Crippen LogP contribution is -2.36. The van der Waals surface area contributed by atoms with E-state index in [1.807, 2.05) is 13.8 Å². The van der Waals surface area contributed by atoms with Crippen molar-refractivity contribution in [2.24, 2.45) is 0 Å². The number of rotatable bonds is 4. The maximum absolute atomic E-state index is 12.3. The van der Waals surface area contributed by atoms with Crippen LogP contribution in [0.4, 0.5) is 0 Å². The number of methoxy groups -OCH3 is 1. The van der Waals surface area contributed by atoms with Crippen LogP contribution in [0, 0.1) is 13.8 Å². The third-order valence-electron chi connectivity index (χ3n) is 3.33. The fraction of sp³-hybridized carbons (Fsp3) is 0.538. The minimum atomic E-state index is -3.46. The highest BCUT2D eigenvalue weighted by molar-refractivity contribution is 7.89. The van der Waals surface area contributed by atoms with Crippen molar-refractivity contribution in [3.05, 3.63) is 23.3 Å². The second kappa shape index (κ2) is 6.76. The number of aryl methyl sites for hydroxylation is 2. The first-order valence-corrected chi connectivity index (χ1v) is 7.80. The van der Waals surface area contributed by atoms with E-state index in [4.69, 9.17) is 4.74 Å². The number of sulfonamides is 1. The van der Waals surface area contributed by atoms with Gasteiger partial charge in [0.25, 0.3) is 0 Å². The van der Waals surface area contributed by atoms with Gasteiger partial charge in [-0.25, -0.2) is 13.1 Å². The number of hydrogen-bond donors (Lipinski definition) is 2. The summed E-state index contributed by atoms with van der Waals surface area (Å²) >= 11 is 0. The number of benzene rings is 1. The Kier molecular flexibility index (Phi) is 5.82. The molecule has 1 fully saturated rings. The number of ether oxygens (including phenoxy) is 1. The summed E-state index contributed by atoms with van der Waals surface area (Å²) in [4.78, 5) is 0.301. The lowest BCUT2D eigenvalue weighted by molar-refractivity contribution is 0.408. The predicted molar refractivity (Wildman–Crippen MR) is 81.3 cm³/mol.